The van der Waals surface area contributed by atoms with E-state index in [1.54, 1.807) is 12.4 Å². The number of alkyl halides is 1. The molecule has 0 spiro atoms. The molecule has 0 fully saturated rings. The van der Waals surface area contributed by atoms with E-state index in [1.165, 1.54) is 0 Å². The molecule has 1 aliphatic heterocycles. The van der Waals surface area contributed by atoms with Crippen LogP contribution in [0.5, 0.6) is 0 Å². The van der Waals surface area contributed by atoms with Crippen LogP contribution in [-0.4, -0.2) is 16.9 Å². The maximum atomic E-state index is 3.92. The zero-order chi connectivity index (χ0) is 5.11. The molecule has 0 atom stereocenters. The zero-order valence-corrected chi connectivity index (χ0v) is 5.79. The normalized spacial score (nSPS) is 16.4. The van der Waals surface area contributed by atoms with E-state index < -0.39 is 0 Å². The van der Waals surface area contributed by atoms with Gasteiger partial charge in [0.1, 0.15) is 4.43 Å². The van der Waals surface area contributed by atoms with Crippen LogP contribution in [0.3, 0.4) is 0 Å². The van der Waals surface area contributed by atoms with Crippen molar-refractivity contribution in [2.75, 3.05) is 4.43 Å². The summed E-state index contributed by atoms with van der Waals surface area (Å²) < 4.78 is 0.908. The lowest BCUT2D eigenvalue weighted by molar-refractivity contribution is 1.06. The first kappa shape index (κ1) is 5.08. The lowest BCUT2D eigenvalue weighted by atomic mass is 10.6. The summed E-state index contributed by atoms with van der Waals surface area (Å²) >= 11 is 2.22. The maximum Gasteiger partial charge on any atom is 0.250 e. The van der Waals surface area contributed by atoms with Crippen molar-refractivity contribution in [3.63, 3.8) is 0 Å². The van der Waals surface area contributed by atoms with Gasteiger partial charge in [0.05, 0.1) is 0 Å². The summed E-state index contributed by atoms with van der Waals surface area (Å²) in [6.45, 7) is 0. The van der Waals surface area contributed by atoms with Gasteiger partial charge in [0, 0.05) is 0 Å². The minimum atomic E-state index is 0.908. The van der Waals surface area contributed by atoms with Crippen molar-refractivity contribution in [2.24, 2.45) is 9.98 Å². The Bertz CT molecular complexity index is 96.3. The monoisotopic (exact) mass is 207 g/mol. The smallest absolute Gasteiger partial charge is 0.0960 e. The summed E-state index contributed by atoms with van der Waals surface area (Å²) in [6, 6.07) is 0. The molecule has 0 aromatic carbocycles. The van der Waals surface area contributed by atoms with E-state index in [2.05, 4.69) is 32.6 Å². The Hall–Kier alpha value is -0.0600. The average Bonchev–Trinajstić information content (AvgIpc) is 2.14. The van der Waals surface area contributed by atoms with E-state index >= 15 is 0 Å². The van der Waals surface area contributed by atoms with Crippen LogP contribution in [0, 0.1) is 6.17 Å². The third-order valence-electron chi connectivity index (χ3n) is 0.633. The Morgan fingerprint density at radius 1 is 1.43 bits per heavy atom. The minimum Gasteiger partial charge on any atom is -0.0960 e. The van der Waals surface area contributed by atoms with Crippen molar-refractivity contribution in [3.05, 3.63) is 6.17 Å². The summed E-state index contributed by atoms with van der Waals surface area (Å²) in [5, 5.41) is 0. The Balaban J connectivity index is 2.44. The second kappa shape index (κ2) is 2.30. The molecule has 0 aromatic heterocycles. The number of rotatable bonds is 1. The van der Waals surface area contributed by atoms with Crippen LogP contribution < -0.4 is 0 Å². The predicted molar refractivity (Wildman–Crippen MR) is 39.1 cm³/mol. The van der Waals surface area contributed by atoms with E-state index in [9.17, 15) is 0 Å². The molecule has 0 saturated carbocycles. The quantitative estimate of drug-likeness (QED) is 0.349. The second-order valence-electron chi connectivity index (χ2n) is 1.11. The summed E-state index contributed by atoms with van der Waals surface area (Å²) in [7, 11) is 0. The van der Waals surface area contributed by atoms with Gasteiger partial charge in [-0.15, -0.1) is 0 Å². The van der Waals surface area contributed by atoms with Gasteiger partial charge in [-0.3, -0.25) is 0 Å². The van der Waals surface area contributed by atoms with Crippen LogP contribution in [0.1, 0.15) is 0 Å². The molecule has 0 N–H and O–H groups in total. The van der Waals surface area contributed by atoms with Gasteiger partial charge >= 0.3 is 0 Å². The molecule has 0 amide bonds. The summed E-state index contributed by atoms with van der Waals surface area (Å²) in [6.07, 6.45) is 4.32. The highest BCUT2D eigenvalue weighted by Gasteiger charge is 2.11. The Kier molecular flexibility index (Phi) is 1.67. The minimum absolute atomic E-state index is 0.908. The van der Waals surface area contributed by atoms with Gasteiger partial charge < -0.3 is 0 Å². The molecule has 0 unspecified atom stereocenters. The highest BCUT2D eigenvalue weighted by atomic mass is 127. The Morgan fingerprint density at radius 2 is 2.00 bits per heavy atom. The summed E-state index contributed by atoms with van der Waals surface area (Å²) in [5.41, 5.74) is 0. The molecule has 7 heavy (non-hydrogen) atoms. The lowest BCUT2D eigenvalue weighted by Crippen LogP contribution is -1.82. The van der Waals surface area contributed by atoms with Crippen molar-refractivity contribution in [2.45, 2.75) is 0 Å². The highest BCUT2D eigenvalue weighted by Crippen LogP contribution is 2.08. The first-order chi connectivity index (χ1) is 3.43. The molecule has 0 aliphatic carbocycles. The van der Waals surface area contributed by atoms with Crippen molar-refractivity contribution in [1.82, 2.24) is 0 Å². The third kappa shape index (κ3) is 1.15. The van der Waals surface area contributed by atoms with Gasteiger partial charge in [0.2, 0.25) is 6.17 Å². The molecule has 0 bridgehead atoms. The van der Waals surface area contributed by atoms with Gasteiger partial charge in [-0.25, -0.2) is 0 Å². The van der Waals surface area contributed by atoms with E-state index in [-0.39, 0.29) is 0 Å². The van der Waals surface area contributed by atoms with Crippen molar-refractivity contribution >= 4 is 35.0 Å². The molecule has 3 heteroatoms. The van der Waals surface area contributed by atoms with Gasteiger partial charge in [0.15, 0.2) is 12.4 Å². The van der Waals surface area contributed by atoms with E-state index in [4.69, 9.17) is 0 Å². The van der Waals surface area contributed by atoms with Gasteiger partial charge in [0.25, 0.3) is 0 Å². The first-order valence-electron chi connectivity index (χ1n) is 1.92. The Morgan fingerprint density at radius 3 is 2.29 bits per heavy atom. The molecule has 1 rings (SSSR count). The number of nitrogens with zero attached hydrogens (tertiary/aromatic N) is 2. The van der Waals surface area contributed by atoms with Gasteiger partial charge in [-0.1, -0.05) is 32.6 Å². The van der Waals surface area contributed by atoms with Crippen LogP contribution in [-0.2, 0) is 0 Å². The fourth-order valence-corrected chi connectivity index (χ4v) is 0.735. The molecule has 2 nitrogen and oxygen atoms in total. The molecule has 0 aromatic rings. The van der Waals surface area contributed by atoms with Crippen molar-refractivity contribution in [1.29, 1.82) is 0 Å². The van der Waals surface area contributed by atoms with E-state index in [1.807, 2.05) is 0 Å². The predicted octanol–water partition coefficient (Wildman–Crippen LogP) is 1.07. The Labute approximate surface area is 55.9 Å². The SMILES string of the molecule is IC[C+]1N=CC=N1. The van der Waals surface area contributed by atoms with Crippen LogP contribution in [0.25, 0.3) is 0 Å². The molecule has 36 valence electrons. The highest BCUT2D eigenvalue weighted by molar-refractivity contribution is 14.1. The fourth-order valence-electron chi connectivity index (χ4n) is 0.341. The summed E-state index contributed by atoms with van der Waals surface area (Å²) in [5.74, 6) is 0. The van der Waals surface area contributed by atoms with Gasteiger partial charge in [-0.2, -0.15) is 0 Å². The van der Waals surface area contributed by atoms with Crippen LogP contribution in [0.4, 0.5) is 0 Å². The number of hydrogen-bond donors (Lipinski definition) is 0. The van der Waals surface area contributed by atoms with Crippen LogP contribution >= 0.6 is 22.6 Å². The van der Waals surface area contributed by atoms with E-state index in [0.717, 1.165) is 10.6 Å². The third-order valence-corrected chi connectivity index (χ3v) is 1.32. The molecule has 1 heterocycles. The van der Waals surface area contributed by atoms with E-state index in [0.29, 0.717) is 0 Å². The topological polar surface area (TPSA) is 24.7 Å². The molecule has 0 radical (unpaired) electrons. The molecule has 0 saturated heterocycles. The van der Waals surface area contributed by atoms with Crippen LogP contribution in [0.2, 0.25) is 0 Å². The maximum absolute atomic E-state index is 3.92. The number of halogens is 1. The van der Waals surface area contributed by atoms with Crippen molar-refractivity contribution < 1.29 is 0 Å². The molecular weight excluding hydrogens is 203 g/mol. The standard InChI is InChI=1S/C4H4IN2/c5-3-4-6-1-2-7-4/h1-2H,3H2/q+1. The second-order valence-corrected chi connectivity index (χ2v) is 1.87. The number of aliphatic imine (C=N–C) groups is 2. The largest absolute Gasteiger partial charge is 0.250 e. The zero-order valence-electron chi connectivity index (χ0n) is 3.63. The van der Waals surface area contributed by atoms with Gasteiger partial charge in [-0.05, 0) is 0 Å². The van der Waals surface area contributed by atoms with Crippen LogP contribution in [0.15, 0.2) is 9.98 Å². The fraction of sp³-hybridized carbons (Fsp3) is 0.250. The summed E-state index contributed by atoms with van der Waals surface area (Å²) in [4.78, 5) is 7.83. The molecular formula is C4H4IN2+. The first-order valence-corrected chi connectivity index (χ1v) is 3.44. The lowest BCUT2D eigenvalue weighted by Gasteiger charge is -1.80. The number of hydrogen-bond acceptors (Lipinski definition) is 2. The average molecular weight is 207 g/mol. The van der Waals surface area contributed by atoms with Crippen molar-refractivity contribution in [3.8, 4) is 0 Å². The molecule has 1 aliphatic rings.